The zero-order valence-corrected chi connectivity index (χ0v) is 20.9. The first-order valence-electron chi connectivity index (χ1n) is 10.9. The van der Waals surface area contributed by atoms with Gasteiger partial charge in [0.15, 0.2) is 5.69 Å². The van der Waals surface area contributed by atoms with Crippen LogP contribution in [-0.2, 0) is 12.7 Å². The molecule has 37 heavy (non-hydrogen) atoms. The zero-order valence-electron chi connectivity index (χ0n) is 19.3. The first kappa shape index (κ1) is 24.6. The minimum Gasteiger partial charge on any atom is -0.365 e. The number of primary amides is 1. The summed E-state index contributed by atoms with van der Waals surface area (Å²) in [7, 11) is 0. The van der Waals surface area contributed by atoms with Crippen LogP contribution < -0.4 is 11.1 Å². The fourth-order valence-corrected chi connectivity index (χ4v) is 5.57. The number of carbonyl (C=O) groups is 2. The van der Waals surface area contributed by atoms with Gasteiger partial charge in [0.2, 0.25) is 0 Å². The molecule has 5 heterocycles. The average Bonchev–Trinajstić information content (AvgIpc) is 3.63. The van der Waals surface area contributed by atoms with Gasteiger partial charge in [0.05, 0.1) is 22.0 Å². The van der Waals surface area contributed by atoms with Crippen LogP contribution in [0.5, 0.6) is 0 Å². The Morgan fingerprint density at radius 1 is 1.24 bits per heavy atom. The molecule has 2 amide bonds. The van der Waals surface area contributed by atoms with Crippen LogP contribution in [0.2, 0.25) is 0 Å². The van der Waals surface area contributed by atoms with E-state index in [1.54, 1.807) is 17.8 Å². The van der Waals surface area contributed by atoms with Crippen molar-refractivity contribution in [2.75, 3.05) is 5.32 Å². The first-order valence-corrected chi connectivity index (χ1v) is 12.6. The standard InChI is InChI=1S/C23H18F3N7O2S2/c1-3-33-9-12(10(2)32-33)11-7-16(23(24,25)26)28-22-17(11)18(19(37-22)20(27)34)29-21(35)14-8-13(30-31-14)15-5-4-6-36-15/h4-9H,3H2,1-2H3,(H2,27,34)(H,29,35)(H,30,31). The molecular formula is C23H18F3N7O2S2. The predicted molar refractivity (Wildman–Crippen MR) is 135 cm³/mol. The molecule has 0 aliphatic carbocycles. The number of fused-ring (bicyclic) bond motifs is 1. The number of alkyl halides is 3. The third-order valence-electron chi connectivity index (χ3n) is 5.57. The zero-order chi connectivity index (χ0) is 26.5. The molecule has 0 atom stereocenters. The summed E-state index contributed by atoms with van der Waals surface area (Å²) in [6.45, 7) is 4.00. The molecule has 0 fully saturated rings. The van der Waals surface area contributed by atoms with E-state index in [-0.39, 0.29) is 32.0 Å². The Bertz CT molecular complexity index is 1650. The maximum atomic E-state index is 13.7. The number of amides is 2. The van der Waals surface area contributed by atoms with E-state index in [4.69, 9.17) is 5.73 Å². The lowest BCUT2D eigenvalue weighted by molar-refractivity contribution is -0.140. The quantitative estimate of drug-likeness (QED) is 0.266. The maximum absolute atomic E-state index is 13.7. The number of aromatic amines is 1. The summed E-state index contributed by atoms with van der Waals surface area (Å²) < 4.78 is 42.8. The summed E-state index contributed by atoms with van der Waals surface area (Å²) in [4.78, 5) is 29.8. The number of H-pyrrole nitrogens is 1. The number of hydrogen-bond acceptors (Lipinski definition) is 7. The van der Waals surface area contributed by atoms with Gasteiger partial charge in [0, 0.05) is 23.7 Å². The molecule has 4 N–H and O–H groups in total. The second-order valence-electron chi connectivity index (χ2n) is 7.99. The highest BCUT2D eigenvalue weighted by Crippen LogP contribution is 2.44. The molecule has 0 aliphatic heterocycles. The number of rotatable bonds is 6. The number of anilines is 1. The van der Waals surface area contributed by atoms with E-state index >= 15 is 0 Å². The van der Waals surface area contributed by atoms with Crippen LogP contribution in [0.3, 0.4) is 0 Å². The number of aryl methyl sites for hydroxylation is 2. The van der Waals surface area contributed by atoms with Crippen molar-refractivity contribution in [3.63, 3.8) is 0 Å². The van der Waals surface area contributed by atoms with Crippen LogP contribution in [0.4, 0.5) is 18.9 Å². The van der Waals surface area contributed by atoms with Gasteiger partial charge >= 0.3 is 6.18 Å². The first-order chi connectivity index (χ1) is 17.6. The van der Waals surface area contributed by atoms with Gasteiger partial charge in [-0.2, -0.15) is 23.4 Å². The lowest BCUT2D eigenvalue weighted by Crippen LogP contribution is -2.17. The molecule has 5 rings (SSSR count). The van der Waals surface area contributed by atoms with Crippen LogP contribution in [0.15, 0.2) is 35.8 Å². The molecule has 0 unspecified atom stereocenters. The predicted octanol–water partition coefficient (Wildman–Crippen LogP) is 5.31. The van der Waals surface area contributed by atoms with E-state index in [0.717, 1.165) is 10.9 Å². The van der Waals surface area contributed by atoms with Crippen molar-refractivity contribution in [1.29, 1.82) is 0 Å². The van der Waals surface area contributed by atoms with E-state index in [2.05, 4.69) is 25.6 Å². The highest BCUT2D eigenvalue weighted by Gasteiger charge is 2.35. The topological polar surface area (TPSA) is 132 Å². The van der Waals surface area contributed by atoms with E-state index in [0.29, 0.717) is 34.8 Å². The number of nitrogens with one attached hydrogen (secondary N) is 2. The summed E-state index contributed by atoms with van der Waals surface area (Å²) in [6, 6.07) is 6.13. The number of carbonyl (C=O) groups excluding carboxylic acids is 2. The minimum absolute atomic E-state index is 0.0228. The molecule has 5 aromatic rings. The Kier molecular flexibility index (Phi) is 6.07. The fraction of sp³-hybridized carbons (Fsp3) is 0.174. The number of hydrogen-bond donors (Lipinski definition) is 3. The molecule has 14 heteroatoms. The molecule has 0 aromatic carbocycles. The van der Waals surface area contributed by atoms with Gasteiger partial charge in [-0.25, -0.2) is 4.98 Å². The molecular weight excluding hydrogens is 527 g/mol. The molecule has 0 radical (unpaired) electrons. The molecule has 9 nitrogen and oxygen atoms in total. The van der Waals surface area contributed by atoms with Gasteiger partial charge in [-0.15, -0.1) is 22.7 Å². The largest absolute Gasteiger partial charge is 0.433 e. The van der Waals surface area contributed by atoms with Gasteiger partial charge < -0.3 is 11.1 Å². The number of thiophene rings is 2. The monoisotopic (exact) mass is 545 g/mol. The molecule has 0 aliphatic rings. The van der Waals surface area contributed by atoms with Crippen LogP contribution in [0, 0.1) is 6.92 Å². The summed E-state index contributed by atoms with van der Waals surface area (Å²) in [5.41, 5.74) is 6.03. The van der Waals surface area contributed by atoms with Gasteiger partial charge in [-0.05, 0) is 43.0 Å². The molecule has 0 bridgehead atoms. The lowest BCUT2D eigenvalue weighted by atomic mass is 10.0. The lowest BCUT2D eigenvalue weighted by Gasteiger charge is -2.11. The Labute approximate surface area is 215 Å². The normalized spacial score (nSPS) is 11.8. The molecule has 0 saturated heterocycles. The Morgan fingerprint density at radius 2 is 2.03 bits per heavy atom. The smallest absolute Gasteiger partial charge is 0.365 e. The average molecular weight is 546 g/mol. The number of nitrogens with two attached hydrogens (primary N) is 1. The highest BCUT2D eigenvalue weighted by molar-refractivity contribution is 7.21. The van der Waals surface area contributed by atoms with E-state index in [1.165, 1.54) is 17.4 Å². The third-order valence-corrected chi connectivity index (χ3v) is 7.57. The second-order valence-corrected chi connectivity index (χ2v) is 9.93. The van der Waals surface area contributed by atoms with Crippen molar-refractivity contribution in [2.24, 2.45) is 5.73 Å². The summed E-state index contributed by atoms with van der Waals surface area (Å²) in [5, 5.41) is 15.8. The van der Waals surface area contributed by atoms with Gasteiger partial charge in [0.1, 0.15) is 15.4 Å². The summed E-state index contributed by atoms with van der Waals surface area (Å²) >= 11 is 2.13. The number of nitrogens with zero attached hydrogens (tertiary/aromatic N) is 4. The Morgan fingerprint density at radius 3 is 2.65 bits per heavy atom. The Hall–Kier alpha value is -4.04. The second kappa shape index (κ2) is 9.12. The van der Waals surface area contributed by atoms with Crippen LogP contribution >= 0.6 is 22.7 Å². The molecule has 190 valence electrons. The van der Waals surface area contributed by atoms with Crippen LogP contribution in [0.1, 0.15) is 38.5 Å². The van der Waals surface area contributed by atoms with E-state index in [9.17, 15) is 22.8 Å². The van der Waals surface area contributed by atoms with E-state index < -0.39 is 23.7 Å². The van der Waals surface area contributed by atoms with Gasteiger partial charge in [-0.3, -0.25) is 19.4 Å². The Balaban J connectivity index is 1.69. The number of halogens is 3. The maximum Gasteiger partial charge on any atom is 0.433 e. The van der Waals surface area contributed by atoms with Gasteiger partial charge in [-0.1, -0.05) is 6.07 Å². The van der Waals surface area contributed by atoms with Crippen molar-refractivity contribution < 1.29 is 22.8 Å². The number of pyridine rings is 1. The van der Waals surface area contributed by atoms with Crippen molar-refractivity contribution >= 4 is 50.4 Å². The highest BCUT2D eigenvalue weighted by atomic mass is 32.1. The van der Waals surface area contributed by atoms with Gasteiger partial charge in [0.25, 0.3) is 11.8 Å². The third kappa shape index (κ3) is 4.49. The van der Waals surface area contributed by atoms with Crippen molar-refractivity contribution in [1.82, 2.24) is 25.0 Å². The van der Waals surface area contributed by atoms with Crippen molar-refractivity contribution in [3.8, 4) is 21.7 Å². The fourth-order valence-electron chi connectivity index (χ4n) is 3.87. The van der Waals surface area contributed by atoms with Crippen LogP contribution in [0.25, 0.3) is 31.9 Å². The van der Waals surface area contributed by atoms with E-state index in [1.807, 2.05) is 24.4 Å². The number of aromatic nitrogens is 5. The van der Waals surface area contributed by atoms with Crippen LogP contribution in [-0.4, -0.2) is 36.8 Å². The van der Waals surface area contributed by atoms with Crippen molar-refractivity contribution in [2.45, 2.75) is 26.6 Å². The molecule has 5 aromatic heterocycles. The van der Waals surface area contributed by atoms with Crippen molar-refractivity contribution in [3.05, 3.63) is 57.8 Å². The SMILES string of the molecule is CCn1cc(-c2cc(C(F)(F)F)nc3sc(C(N)=O)c(NC(=O)c4cc(-c5cccs5)[nH]n4)c23)c(C)n1. The minimum atomic E-state index is -4.74. The summed E-state index contributed by atoms with van der Waals surface area (Å²) in [6.07, 6.45) is -3.14. The summed E-state index contributed by atoms with van der Waals surface area (Å²) in [5.74, 6) is -1.59. The molecule has 0 saturated carbocycles. The molecule has 0 spiro atoms.